The van der Waals surface area contributed by atoms with Crippen LogP contribution in [-0.2, 0) is 9.53 Å². The topological polar surface area (TPSA) is 26.3 Å². The van der Waals surface area contributed by atoms with Crippen LogP contribution < -0.4 is 0 Å². The van der Waals surface area contributed by atoms with E-state index in [0.717, 1.165) is 12.3 Å². The highest BCUT2D eigenvalue weighted by atomic mass is 16.5. The molecule has 4 atom stereocenters. The van der Waals surface area contributed by atoms with Crippen molar-refractivity contribution in [2.24, 2.45) is 23.7 Å². The van der Waals surface area contributed by atoms with Gasteiger partial charge in [0.15, 0.2) is 0 Å². The van der Waals surface area contributed by atoms with Gasteiger partial charge < -0.3 is 4.74 Å². The predicted molar refractivity (Wildman–Crippen MR) is 61.5 cm³/mol. The molecule has 0 N–H and O–H groups in total. The number of hydrogen-bond donors (Lipinski definition) is 0. The van der Waals surface area contributed by atoms with Gasteiger partial charge in [0.05, 0.1) is 12.5 Å². The molecule has 1 heterocycles. The second kappa shape index (κ2) is 5.53. The second-order valence-electron chi connectivity index (χ2n) is 4.39. The summed E-state index contributed by atoms with van der Waals surface area (Å²) in [6.45, 7) is 9.10. The van der Waals surface area contributed by atoms with E-state index in [4.69, 9.17) is 4.74 Å². The van der Waals surface area contributed by atoms with Crippen LogP contribution in [0.15, 0.2) is 0 Å². The summed E-state index contributed by atoms with van der Waals surface area (Å²) in [6.07, 6.45) is 3.58. The van der Waals surface area contributed by atoms with E-state index in [9.17, 15) is 4.79 Å². The van der Waals surface area contributed by atoms with Gasteiger partial charge in [-0.2, -0.15) is 0 Å². The first-order valence-electron chi connectivity index (χ1n) is 6.44. The smallest absolute Gasteiger partial charge is 0.309 e. The molecule has 1 saturated heterocycles. The van der Waals surface area contributed by atoms with Gasteiger partial charge in [0, 0.05) is 5.92 Å². The van der Waals surface area contributed by atoms with Crippen LogP contribution in [0.2, 0.25) is 0 Å². The molecule has 0 aromatic rings. The van der Waals surface area contributed by atoms with Gasteiger partial charge >= 0.3 is 5.97 Å². The third-order valence-corrected chi connectivity index (χ3v) is 3.92. The molecule has 0 radical (unpaired) electrons. The summed E-state index contributed by atoms with van der Waals surface area (Å²) in [6, 6.07) is 0. The largest absolute Gasteiger partial charge is 0.465 e. The highest BCUT2D eigenvalue weighted by Gasteiger charge is 2.50. The van der Waals surface area contributed by atoms with Crippen LogP contribution in [0.25, 0.3) is 0 Å². The van der Waals surface area contributed by atoms with E-state index >= 15 is 0 Å². The number of carbonyl (C=O) groups is 1. The van der Waals surface area contributed by atoms with Crippen LogP contribution in [-0.4, -0.2) is 12.6 Å². The molecule has 0 bridgehead atoms. The van der Waals surface area contributed by atoms with Gasteiger partial charge in [-0.15, -0.1) is 0 Å². The fourth-order valence-electron chi connectivity index (χ4n) is 3.12. The van der Waals surface area contributed by atoms with Crippen molar-refractivity contribution in [1.82, 2.24) is 0 Å². The number of ether oxygens (including phenoxy) is 1. The minimum Gasteiger partial charge on any atom is -0.465 e. The molecule has 0 amide bonds. The third kappa shape index (κ3) is 2.19. The fourth-order valence-corrected chi connectivity index (χ4v) is 3.12. The Balaban J connectivity index is 0.000000531. The zero-order valence-electron chi connectivity index (χ0n) is 10.5. The Labute approximate surface area is 93.4 Å². The molecule has 2 heteroatoms. The Morgan fingerprint density at radius 3 is 2.33 bits per heavy atom. The van der Waals surface area contributed by atoms with Gasteiger partial charge in [-0.1, -0.05) is 40.5 Å². The van der Waals surface area contributed by atoms with Crippen LogP contribution >= 0.6 is 0 Å². The van der Waals surface area contributed by atoms with Crippen molar-refractivity contribution in [2.75, 3.05) is 6.61 Å². The molecule has 1 aliphatic heterocycles. The molecule has 1 saturated carbocycles. The molecule has 15 heavy (non-hydrogen) atoms. The summed E-state index contributed by atoms with van der Waals surface area (Å²) in [5.41, 5.74) is 0. The standard InChI is InChI=1S/C11H18O2.C2H6/c1-3-7-5-8(4-2)10-9(7)6-13-11(10)12;1-2/h7-10H,3-6H2,1-2H3;1-2H3. The molecule has 0 spiro atoms. The first-order valence-corrected chi connectivity index (χ1v) is 6.44. The van der Waals surface area contributed by atoms with Crippen molar-refractivity contribution in [3.05, 3.63) is 0 Å². The number of carbonyl (C=O) groups excluding carboxylic acids is 1. The molecule has 0 aromatic heterocycles. The summed E-state index contributed by atoms with van der Waals surface area (Å²) in [7, 11) is 0. The van der Waals surface area contributed by atoms with Crippen molar-refractivity contribution in [1.29, 1.82) is 0 Å². The highest BCUT2D eigenvalue weighted by molar-refractivity contribution is 5.75. The number of cyclic esters (lactones) is 1. The van der Waals surface area contributed by atoms with Crippen LogP contribution in [0.3, 0.4) is 0 Å². The van der Waals surface area contributed by atoms with Crippen LogP contribution in [0, 0.1) is 23.7 Å². The number of esters is 1. The van der Waals surface area contributed by atoms with Crippen LogP contribution in [0.5, 0.6) is 0 Å². The van der Waals surface area contributed by atoms with E-state index in [1.807, 2.05) is 13.8 Å². The van der Waals surface area contributed by atoms with E-state index in [1.165, 1.54) is 12.8 Å². The summed E-state index contributed by atoms with van der Waals surface area (Å²) in [4.78, 5) is 11.5. The summed E-state index contributed by atoms with van der Waals surface area (Å²) in [5, 5.41) is 0. The van der Waals surface area contributed by atoms with Gasteiger partial charge in [-0.05, 0) is 18.3 Å². The zero-order valence-corrected chi connectivity index (χ0v) is 10.5. The van der Waals surface area contributed by atoms with Crippen molar-refractivity contribution >= 4 is 5.97 Å². The maximum absolute atomic E-state index is 11.5. The van der Waals surface area contributed by atoms with Gasteiger partial charge in [-0.25, -0.2) is 0 Å². The Morgan fingerprint density at radius 1 is 1.20 bits per heavy atom. The lowest BCUT2D eigenvalue weighted by Gasteiger charge is -2.12. The molecular weight excluding hydrogens is 188 g/mol. The molecule has 2 fully saturated rings. The Kier molecular flexibility index (Phi) is 4.62. The maximum atomic E-state index is 11.5. The molecule has 2 rings (SSSR count). The summed E-state index contributed by atoms with van der Waals surface area (Å²) < 4.78 is 5.15. The molecule has 2 aliphatic rings. The van der Waals surface area contributed by atoms with Gasteiger partial charge in [0.2, 0.25) is 0 Å². The zero-order chi connectivity index (χ0) is 11.4. The van der Waals surface area contributed by atoms with Crippen LogP contribution in [0.4, 0.5) is 0 Å². The first-order chi connectivity index (χ1) is 7.27. The lowest BCUT2D eigenvalue weighted by molar-refractivity contribution is -0.142. The number of fused-ring (bicyclic) bond motifs is 1. The first kappa shape index (κ1) is 12.5. The third-order valence-electron chi connectivity index (χ3n) is 3.92. The molecular formula is C13H24O2. The highest BCUT2D eigenvalue weighted by Crippen LogP contribution is 2.48. The fraction of sp³-hybridized carbons (Fsp3) is 0.923. The normalized spacial score (nSPS) is 38.0. The van der Waals surface area contributed by atoms with Crippen molar-refractivity contribution < 1.29 is 9.53 Å². The van der Waals surface area contributed by atoms with Gasteiger partial charge in [0.25, 0.3) is 0 Å². The van der Waals surface area contributed by atoms with E-state index in [0.29, 0.717) is 18.4 Å². The van der Waals surface area contributed by atoms with E-state index in [2.05, 4.69) is 13.8 Å². The SMILES string of the molecule is CC.CCC1CC(CC)C2C(=O)OCC12. The van der Waals surface area contributed by atoms with Crippen LogP contribution in [0.1, 0.15) is 47.0 Å². The Bertz CT molecular complexity index is 213. The van der Waals surface area contributed by atoms with Gasteiger partial charge in [-0.3, -0.25) is 4.79 Å². The van der Waals surface area contributed by atoms with E-state index in [1.54, 1.807) is 0 Å². The average Bonchev–Trinajstić information content (AvgIpc) is 2.82. The Morgan fingerprint density at radius 2 is 1.80 bits per heavy atom. The van der Waals surface area contributed by atoms with E-state index in [-0.39, 0.29) is 11.9 Å². The number of rotatable bonds is 2. The quantitative estimate of drug-likeness (QED) is 0.657. The second-order valence-corrected chi connectivity index (χ2v) is 4.39. The van der Waals surface area contributed by atoms with Crippen molar-refractivity contribution in [3.63, 3.8) is 0 Å². The van der Waals surface area contributed by atoms with Gasteiger partial charge in [0.1, 0.15) is 0 Å². The van der Waals surface area contributed by atoms with Crippen molar-refractivity contribution in [3.8, 4) is 0 Å². The average molecular weight is 212 g/mol. The minimum atomic E-state index is 0.0767. The van der Waals surface area contributed by atoms with Crippen molar-refractivity contribution in [2.45, 2.75) is 47.0 Å². The monoisotopic (exact) mass is 212 g/mol. The predicted octanol–water partition coefficient (Wildman–Crippen LogP) is 3.26. The number of hydrogen-bond acceptors (Lipinski definition) is 2. The molecule has 4 unspecified atom stereocenters. The molecule has 88 valence electrons. The Hall–Kier alpha value is -0.530. The maximum Gasteiger partial charge on any atom is 0.309 e. The molecule has 1 aliphatic carbocycles. The molecule has 2 nitrogen and oxygen atoms in total. The molecule has 0 aromatic carbocycles. The van der Waals surface area contributed by atoms with E-state index < -0.39 is 0 Å². The lowest BCUT2D eigenvalue weighted by atomic mass is 9.88. The summed E-state index contributed by atoms with van der Waals surface area (Å²) >= 11 is 0. The lowest BCUT2D eigenvalue weighted by Crippen LogP contribution is -2.18. The summed E-state index contributed by atoms with van der Waals surface area (Å²) in [5.74, 6) is 2.21. The minimum absolute atomic E-state index is 0.0767.